The average molecular weight is 400 g/mol. The fourth-order valence-corrected chi connectivity index (χ4v) is 4.18. The second-order valence-corrected chi connectivity index (χ2v) is 8.29. The SMILES string of the molecule is O=C(c1ccc(-c2ccccc2)cc1)[C@@H]1CCCN(C(=O)c2cc(C3CC3)on2)C1. The van der Waals surface area contributed by atoms with Gasteiger partial charge in [0.2, 0.25) is 0 Å². The number of likely N-dealkylation sites (tertiary alicyclic amines) is 1. The van der Waals surface area contributed by atoms with E-state index in [1.165, 1.54) is 0 Å². The van der Waals surface area contributed by atoms with Crippen molar-refractivity contribution in [3.8, 4) is 11.1 Å². The van der Waals surface area contributed by atoms with E-state index >= 15 is 0 Å². The molecule has 0 spiro atoms. The highest BCUT2D eigenvalue weighted by atomic mass is 16.5. The topological polar surface area (TPSA) is 63.4 Å². The van der Waals surface area contributed by atoms with Crippen LogP contribution in [0.3, 0.4) is 0 Å². The lowest BCUT2D eigenvalue weighted by molar-refractivity contribution is 0.0628. The minimum absolute atomic E-state index is 0.103. The van der Waals surface area contributed by atoms with Crippen molar-refractivity contribution >= 4 is 11.7 Å². The van der Waals surface area contributed by atoms with Crippen LogP contribution in [-0.2, 0) is 0 Å². The molecule has 5 rings (SSSR count). The monoisotopic (exact) mass is 400 g/mol. The van der Waals surface area contributed by atoms with Crippen LogP contribution in [0.25, 0.3) is 11.1 Å². The molecular weight excluding hydrogens is 376 g/mol. The minimum atomic E-state index is -0.180. The molecule has 0 N–H and O–H groups in total. The third kappa shape index (κ3) is 3.80. The molecule has 5 nitrogen and oxygen atoms in total. The smallest absolute Gasteiger partial charge is 0.276 e. The number of carbonyl (C=O) groups is 2. The minimum Gasteiger partial charge on any atom is -0.360 e. The summed E-state index contributed by atoms with van der Waals surface area (Å²) in [7, 11) is 0. The zero-order valence-corrected chi connectivity index (χ0v) is 16.8. The molecule has 1 aliphatic carbocycles. The summed E-state index contributed by atoms with van der Waals surface area (Å²) in [5, 5.41) is 3.97. The van der Waals surface area contributed by atoms with E-state index in [0.717, 1.165) is 42.6 Å². The molecule has 0 radical (unpaired) electrons. The highest BCUT2D eigenvalue weighted by Gasteiger charge is 2.33. The Morgan fingerprint density at radius 3 is 2.40 bits per heavy atom. The predicted molar refractivity (Wildman–Crippen MR) is 113 cm³/mol. The van der Waals surface area contributed by atoms with E-state index in [1.54, 1.807) is 11.0 Å². The van der Waals surface area contributed by atoms with Gasteiger partial charge in [0.1, 0.15) is 5.76 Å². The van der Waals surface area contributed by atoms with Crippen LogP contribution < -0.4 is 0 Å². The van der Waals surface area contributed by atoms with Crippen LogP contribution in [0.2, 0.25) is 0 Å². The van der Waals surface area contributed by atoms with Crippen molar-refractivity contribution in [3.05, 3.63) is 77.7 Å². The quantitative estimate of drug-likeness (QED) is 0.568. The van der Waals surface area contributed by atoms with Gasteiger partial charge in [-0.3, -0.25) is 9.59 Å². The molecule has 152 valence electrons. The van der Waals surface area contributed by atoms with Crippen molar-refractivity contribution in [2.45, 2.75) is 31.6 Å². The van der Waals surface area contributed by atoms with Crippen LogP contribution in [0.15, 0.2) is 65.2 Å². The molecule has 1 amide bonds. The maximum Gasteiger partial charge on any atom is 0.276 e. The Labute approximate surface area is 175 Å². The first-order valence-electron chi connectivity index (χ1n) is 10.6. The Morgan fingerprint density at radius 1 is 0.933 bits per heavy atom. The molecule has 2 fully saturated rings. The van der Waals surface area contributed by atoms with Gasteiger partial charge >= 0.3 is 0 Å². The molecule has 1 aromatic heterocycles. The molecule has 3 aromatic rings. The Morgan fingerprint density at radius 2 is 1.67 bits per heavy atom. The van der Waals surface area contributed by atoms with Gasteiger partial charge in [-0.2, -0.15) is 0 Å². The Kier molecular flexibility index (Phi) is 4.95. The van der Waals surface area contributed by atoms with Crippen LogP contribution in [0.5, 0.6) is 0 Å². The highest BCUT2D eigenvalue weighted by molar-refractivity contribution is 5.99. The molecule has 2 aliphatic rings. The molecule has 2 heterocycles. The zero-order valence-electron chi connectivity index (χ0n) is 16.8. The maximum atomic E-state index is 13.1. The van der Waals surface area contributed by atoms with Gasteiger partial charge in [0.25, 0.3) is 5.91 Å². The Hall–Kier alpha value is -3.21. The molecule has 1 saturated heterocycles. The molecule has 0 bridgehead atoms. The van der Waals surface area contributed by atoms with Gasteiger partial charge in [-0.1, -0.05) is 59.8 Å². The van der Waals surface area contributed by atoms with Crippen LogP contribution in [0.4, 0.5) is 0 Å². The number of Topliss-reactive ketones (excluding diaryl/α,β-unsaturated/α-hetero) is 1. The third-order valence-corrected chi connectivity index (χ3v) is 6.08. The van der Waals surface area contributed by atoms with Gasteiger partial charge in [-0.05, 0) is 36.8 Å². The summed E-state index contributed by atoms with van der Waals surface area (Å²) in [6, 6.07) is 19.6. The first-order chi connectivity index (χ1) is 14.7. The van der Waals surface area contributed by atoms with Crippen LogP contribution in [0.1, 0.15) is 58.2 Å². The number of aromatic nitrogens is 1. The zero-order chi connectivity index (χ0) is 20.5. The van der Waals surface area contributed by atoms with E-state index < -0.39 is 0 Å². The van der Waals surface area contributed by atoms with Gasteiger partial charge < -0.3 is 9.42 Å². The fraction of sp³-hybridized carbons (Fsp3) is 0.320. The van der Waals surface area contributed by atoms with Crippen molar-refractivity contribution in [2.75, 3.05) is 13.1 Å². The van der Waals surface area contributed by atoms with E-state index in [-0.39, 0.29) is 17.6 Å². The summed E-state index contributed by atoms with van der Waals surface area (Å²) in [5.74, 6) is 1.02. The predicted octanol–water partition coefficient (Wildman–Crippen LogP) is 4.95. The number of hydrogen-bond acceptors (Lipinski definition) is 4. The van der Waals surface area contributed by atoms with Crippen LogP contribution in [0, 0.1) is 5.92 Å². The lowest BCUT2D eigenvalue weighted by Crippen LogP contribution is -2.42. The molecule has 30 heavy (non-hydrogen) atoms. The van der Waals surface area contributed by atoms with Crippen LogP contribution >= 0.6 is 0 Å². The first kappa shape index (κ1) is 18.8. The van der Waals surface area contributed by atoms with Crippen molar-refractivity contribution in [1.29, 1.82) is 0 Å². The second-order valence-electron chi connectivity index (χ2n) is 8.29. The largest absolute Gasteiger partial charge is 0.360 e. The molecule has 1 aliphatic heterocycles. The van der Waals surface area contributed by atoms with E-state index in [1.807, 2.05) is 42.5 Å². The third-order valence-electron chi connectivity index (χ3n) is 6.08. The highest BCUT2D eigenvalue weighted by Crippen LogP contribution is 2.40. The number of rotatable bonds is 5. The van der Waals surface area contributed by atoms with Crippen molar-refractivity contribution in [1.82, 2.24) is 10.1 Å². The average Bonchev–Trinajstić information content (AvgIpc) is 3.55. The van der Waals surface area contributed by atoms with Crippen molar-refractivity contribution in [2.24, 2.45) is 5.92 Å². The van der Waals surface area contributed by atoms with Crippen LogP contribution in [-0.4, -0.2) is 34.8 Å². The Bertz CT molecular complexity index is 1050. The van der Waals surface area contributed by atoms with E-state index in [4.69, 9.17) is 4.52 Å². The number of benzene rings is 2. The number of hydrogen-bond donors (Lipinski definition) is 0. The first-order valence-corrected chi connectivity index (χ1v) is 10.6. The van der Waals surface area contributed by atoms with Gasteiger partial charge in [-0.25, -0.2) is 0 Å². The molecular formula is C25H24N2O3. The molecule has 1 atom stereocenters. The van der Waals surface area contributed by atoms with E-state index in [2.05, 4.69) is 17.3 Å². The van der Waals surface area contributed by atoms with Gasteiger partial charge in [0, 0.05) is 36.6 Å². The van der Waals surface area contributed by atoms with Gasteiger partial charge in [0.05, 0.1) is 0 Å². The molecule has 0 unspecified atom stereocenters. The standard InChI is InChI=1S/C25H24N2O3/c28-24(20-12-8-18(9-13-20)17-5-2-1-3-6-17)21-7-4-14-27(16-21)25(29)22-15-23(30-26-22)19-10-11-19/h1-3,5-6,8-9,12-13,15,19,21H,4,7,10-11,14,16H2/t21-/m1/s1. The summed E-state index contributed by atoms with van der Waals surface area (Å²) < 4.78 is 5.33. The van der Waals surface area contributed by atoms with Gasteiger partial charge in [-0.15, -0.1) is 0 Å². The Balaban J connectivity index is 1.27. The summed E-state index contributed by atoms with van der Waals surface area (Å²) in [4.78, 5) is 27.7. The number of nitrogens with zero attached hydrogens (tertiary/aromatic N) is 2. The van der Waals surface area contributed by atoms with Crippen molar-refractivity contribution in [3.63, 3.8) is 0 Å². The summed E-state index contributed by atoms with van der Waals surface area (Å²) in [6.45, 7) is 1.09. The van der Waals surface area contributed by atoms with E-state index in [0.29, 0.717) is 30.3 Å². The lowest BCUT2D eigenvalue weighted by Gasteiger charge is -2.31. The molecule has 5 heteroatoms. The number of amides is 1. The second kappa shape index (κ2) is 7.90. The fourth-order valence-electron chi connectivity index (χ4n) is 4.18. The molecule has 1 saturated carbocycles. The maximum absolute atomic E-state index is 13.1. The number of carbonyl (C=O) groups excluding carboxylic acids is 2. The lowest BCUT2D eigenvalue weighted by atomic mass is 9.89. The van der Waals surface area contributed by atoms with Crippen molar-refractivity contribution < 1.29 is 14.1 Å². The summed E-state index contributed by atoms with van der Waals surface area (Å²) in [5.41, 5.74) is 3.28. The number of piperidine rings is 1. The number of ketones is 1. The summed E-state index contributed by atoms with van der Waals surface area (Å²) in [6.07, 6.45) is 3.82. The van der Waals surface area contributed by atoms with Gasteiger partial charge in [0.15, 0.2) is 11.5 Å². The molecule has 2 aromatic carbocycles. The normalized spacial score (nSPS) is 18.9. The summed E-state index contributed by atoms with van der Waals surface area (Å²) >= 11 is 0. The van der Waals surface area contributed by atoms with E-state index in [9.17, 15) is 9.59 Å².